The van der Waals surface area contributed by atoms with E-state index in [1.165, 1.54) is 4.90 Å². The lowest BCUT2D eigenvalue weighted by molar-refractivity contribution is 0.255. The molecule has 0 unspecified atom stereocenters. The Morgan fingerprint density at radius 3 is 2.67 bits per heavy atom. The number of hydrogen-bond acceptors (Lipinski definition) is 4. The van der Waals surface area contributed by atoms with Gasteiger partial charge in [0.15, 0.2) is 0 Å². The van der Waals surface area contributed by atoms with Crippen LogP contribution in [0.5, 0.6) is 0 Å². The molecule has 0 spiro atoms. The zero-order valence-electron chi connectivity index (χ0n) is 15.2. The van der Waals surface area contributed by atoms with Crippen LogP contribution in [0.4, 0.5) is 16.2 Å². The van der Waals surface area contributed by atoms with Gasteiger partial charge in [-0.05, 0) is 18.1 Å². The molecule has 1 aliphatic rings. The maximum Gasteiger partial charge on any atom is 0.330 e. The van der Waals surface area contributed by atoms with E-state index in [0.29, 0.717) is 23.8 Å². The van der Waals surface area contributed by atoms with Crippen LogP contribution in [0, 0.1) is 11.3 Å². The standard InChI is InChI=1S/C21H19N5O/c1-14(2)19-8-7-16(11-24-19)25-13-17(9-22)26(21(25)27)20-12-23-10-15-5-3-4-6-18(15)20/h3-8,10-12,14,17H,13H2,1-2H3/t17-/m0/s1. The number of nitriles is 1. The van der Waals surface area contributed by atoms with Crippen molar-refractivity contribution in [3.63, 3.8) is 0 Å². The predicted molar refractivity (Wildman–Crippen MR) is 105 cm³/mol. The Hall–Kier alpha value is -3.46. The number of fused-ring (bicyclic) bond motifs is 1. The molecular formula is C21H19N5O. The summed E-state index contributed by atoms with van der Waals surface area (Å²) in [4.78, 5) is 25.0. The largest absolute Gasteiger partial charge is 0.330 e. The van der Waals surface area contributed by atoms with Crippen LogP contribution in [0.3, 0.4) is 0 Å². The first-order chi connectivity index (χ1) is 13.1. The summed E-state index contributed by atoms with van der Waals surface area (Å²) in [5.74, 6) is 0.318. The molecule has 1 saturated heterocycles. The molecule has 2 amide bonds. The molecular weight excluding hydrogens is 338 g/mol. The van der Waals surface area contributed by atoms with Gasteiger partial charge in [0.1, 0.15) is 6.04 Å². The van der Waals surface area contributed by atoms with Gasteiger partial charge in [0, 0.05) is 22.7 Å². The normalized spacial score (nSPS) is 17.0. The van der Waals surface area contributed by atoms with E-state index in [2.05, 4.69) is 29.9 Å². The zero-order chi connectivity index (χ0) is 19.0. The predicted octanol–water partition coefficient (Wildman–Crippen LogP) is 4.09. The molecule has 1 aromatic carbocycles. The van der Waals surface area contributed by atoms with Gasteiger partial charge < -0.3 is 0 Å². The first-order valence-electron chi connectivity index (χ1n) is 8.89. The Morgan fingerprint density at radius 2 is 1.96 bits per heavy atom. The Balaban J connectivity index is 1.74. The maximum absolute atomic E-state index is 13.2. The second-order valence-electron chi connectivity index (χ2n) is 6.88. The van der Waals surface area contributed by atoms with Gasteiger partial charge >= 0.3 is 6.03 Å². The molecule has 4 rings (SSSR count). The fourth-order valence-corrected chi connectivity index (χ4v) is 3.37. The summed E-state index contributed by atoms with van der Waals surface area (Å²) in [6.45, 7) is 4.44. The first kappa shape index (κ1) is 17.0. The lowest BCUT2D eigenvalue weighted by Gasteiger charge is -2.21. The number of benzene rings is 1. The topological polar surface area (TPSA) is 73.1 Å². The summed E-state index contributed by atoms with van der Waals surface area (Å²) in [6.07, 6.45) is 5.10. The van der Waals surface area contributed by atoms with Crippen LogP contribution < -0.4 is 9.80 Å². The van der Waals surface area contributed by atoms with Crippen molar-refractivity contribution < 1.29 is 4.79 Å². The Bertz CT molecular complexity index is 1030. The van der Waals surface area contributed by atoms with Gasteiger partial charge in [-0.3, -0.25) is 19.8 Å². The monoisotopic (exact) mass is 357 g/mol. The van der Waals surface area contributed by atoms with E-state index in [1.54, 1.807) is 23.5 Å². The highest BCUT2D eigenvalue weighted by Crippen LogP contribution is 2.33. The number of anilines is 2. The smallest absolute Gasteiger partial charge is 0.289 e. The summed E-state index contributed by atoms with van der Waals surface area (Å²) >= 11 is 0. The molecule has 3 heterocycles. The van der Waals surface area contributed by atoms with Crippen LogP contribution in [0.25, 0.3) is 10.8 Å². The fraction of sp³-hybridized carbons (Fsp3) is 0.238. The van der Waals surface area contributed by atoms with E-state index in [0.717, 1.165) is 16.5 Å². The maximum atomic E-state index is 13.2. The Kier molecular flexibility index (Phi) is 4.21. The number of hydrogen-bond donors (Lipinski definition) is 0. The van der Waals surface area contributed by atoms with E-state index < -0.39 is 6.04 Å². The van der Waals surface area contributed by atoms with Crippen molar-refractivity contribution in [1.82, 2.24) is 9.97 Å². The minimum atomic E-state index is -0.588. The summed E-state index contributed by atoms with van der Waals surface area (Å²) in [6, 6.07) is 13.0. The first-order valence-corrected chi connectivity index (χ1v) is 8.89. The van der Waals surface area contributed by atoms with Crippen molar-refractivity contribution in [2.24, 2.45) is 0 Å². The third kappa shape index (κ3) is 2.87. The Morgan fingerprint density at radius 1 is 1.15 bits per heavy atom. The molecule has 1 atom stereocenters. The molecule has 3 aromatic rings. The minimum absolute atomic E-state index is 0.237. The van der Waals surface area contributed by atoms with Gasteiger partial charge in [-0.1, -0.05) is 38.1 Å². The number of rotatable bonds is 3. The quantitative estimate of drug-likeness (QED) is 0.707. The molecule has 1 fully saturated rings. The van der Waals surface area contributed by atoms with Gasteiger partial charge in [0.25, 0.3) is 0 Å². The zero-order valence-corrected chi connectivity index (χ0v) is 15.2. The van der Waals surface area contributed by atoms with E-state index in [9.17, 15) is 10.1 Å². The summed E-state index contributed by atoms with van der Waals surface area (Å²) in [5, 5.41) is 11.5. The molecule has 0 saturated carbocycles. The molecule has 1 aliphatic heterocycles. The highest BCUT2D eigenvalue weighted by molar-refractivity contribution is 6.11. The third-order valence-corrected chi connectivity index (χ3v) is 4.83. The second kappa shape index (κ2) is 6.69. The van der Waals surface area contributed by atoms with Crippen molar-refractivity contribution >= 4 is 28.2 Å². The van der Waals surface area contributed by atoms with Gasteiger partial charge in [-0.15, -0.1) is 0 Å². The Labute approximate surface area is 157 Å². The van der Waals surface area contributed by atoms with Crippen molar-refractivity contribution in [3.05, 3.63) is 60.7 Å². The van der Waals surface area contributed by atoms with Crippen LogP contribution >= 0.6 is 0 Å². The van der Waals surface area contributed by atoms with Crippen LogP contribution in [0.1, 0.15) is 25.5 Å². The molecule has 0 radical (unpaired) electrons. The van der Waals surface area contributed by atoms with E-state index in [-0.39, 0.29) is 6.03 Å². The summed E-state index contributed by atoms with van der Waals surface area (Å²) < 4.78 is 0. The van der Waals surface area contributed by atoms with Crippen LogP contribution in [0.15, 0.2) is 55.0 Å². The fourth-order valence-electron chi connectivity index (χ4n) is 3.37. The molecule has 6 heteroatoms. The van der Waals surface area contributed by atoms with Gasteiger partial charge in [0.05, 0.1) is 36.4 Å². The third-order valence-electron chi connectivity index (χ3n) is 4.83. The van der Waals surface area contributed by atoms with Crippen molar-refractivity contribution in [2.75, 3.05) is 16.3 Å². The molecule has 0 bridgehead atoms. The molecule has 2 aromatic heterocycles. The van der Waals surface area contributed by atoms with E-state index >= 15 is 0 Å². The average molecular weight is 357 g/mol. The molecule has 0 aliphatic carbocycles. The van der Waals surface area contributed by atoms with Crippen molar-refractivity contribution in [3.8, 4) is 6.07 Å². The van der Waals surface area contributed by atoms with E-state index in [4.69, 9.17) is 0 Å². The van der Waals surface area contributed by atoms with Gasteiger partial charge in [-0.25, -0.2) is 4.79 Å². The number of amides is 2. The highest BCUT2D eigenvalue weighted by Gasteiger charge is 2.40. The number of nitrogens with zero attached hydrogens (tertiary/aromatic N) is 5. The number of urea groups is 1. The van der Waals surface area contributed by atoms with Crippen molar-refractivity contribution in [2.45, 2.75) is 25.8 Å². The molecule has 134 valence electrons. The molecule has 6 nitrogen and oxygen atoms in total. The summed E-state index contributed by atoms with van der Waals surface area (Å²) in [7, 11) is 0. The number of aromatic nitrogens is 2. The number of pyridine rings is 2. The molecule has 27 heavy (non-hydrogen) atoms. The van der Waals surface area contributed by atoms with Crippen LogP contribution in [0.2, 0.25) is 0 Å². The number of carbonyl (C=O) groups excluding carboxylic acids is 1. The van der Waals surface area contributed by atoms with E-state index in [1.807, 2.05) is 36.4 Å². The lowest BCUT2D eigenvalue weighted by Crippen LogP contribution is -2.34. The molecule has 0 N–H and O–H groups in total. The van der Waals surface area contributed by atoms with Gasteiger partial charge in [-0.2, -0.15) is 5.26 Å². The van der Waals surface area contributed by atoms with Crippen molar-refractivity contribution in [1.29, 1.82) is 5.26 Å². The number of carbonyl (C=O) groups is 1. The average Bonchev–Trinajstić information content (AvgIpc) is 3.03. The SMILES string of the molecule is CC(C)c1ccc(N2C[C@H](C#N)N(c3cncc4ccccc34)C2=O)cn1. The minimum Gasteiger partial charge on any atom is -0.289 e. The highest BCUT2D eigenvalue weighted by atomic mass is 16.2. The van der Waals surface area contributed by atoms with Gasteiger partial charge in [0.2, 0.25) is 0 Å². The van der Waals surface area contributed by atoms with Crippen LogP contribution in [-0.2, 0) is 0 Å². The van der Waals surface area contributed by atoms with Crippen LogP contribution in [-0.4, -0.2) is 28.6 Å². The lowest BCUT2D eigenvalue weighted by atomic mass is 10.1. The second-order valence-corrected chi connectivity index (χ2v) is 6.88. The summed E-state index contributed by atoms with van der Waals surface area (Å²) in [5.41, 5.74) is 2.32.